The van der Waals surface area contributed by atoms with E-state index >= 15 is 0 Å². The lowest BCUT2D eigenvalue weighted by Gasteiger charge is -2.20. The summed E-state index contributed by atoms with van der Waals surface area (Å²) in [4.78, 5) is 14.0. The van der Waals surface area contributed by atoms with Crippen molar-refractivity contribution in [1.82, 2.24) is 20.3 Å². The highest BCUT2D eigenvalue weighted by molar-refractivity contribution is 5.95. The number of allylic oxidation sites excluding steroid dienone is 1. The number of benzene rings is 1. The molecule has 114 valence electrons. The summed E-state index contributed by atoms with van der Waals surface area (Å²) in [6, 6.07) is 9.76. The van der Waals surface area contributed by atoms with Crippen LogP contribution in [-0.2, 0) is 10.4 Å². The highest BCUT2D eigenvalue weighted by Crippen LogP contribution is 2.30. The quantitative estimate of drug-likeness (QED) is 0.838. The summed E-state index contributed by atoms with van der Waals surface area (Å²) in [5.41, 5.74) is 1.28. The molecule has 22 heavy (non-hydrogen) atoms. The molecule has 2 N–H and O–H groups in total. The van der Waals surface area contributed by atoms with Gasteiger partial charge >= 0.3 is 0 Å². The summed E-state index contributed by atoms with van der Waals surface area (Å²) in [7, 11) is 0. The van der Waals surface area contributed by atoms with Gasteiger partial charge in [-0.05, 0) is 18.1 Å². The first kappa shape index (κ1) is 14.5. The minimum atomic E-state index is -1.11. The maximum absolute atomic E-state index is 12.4. The molecule has 1 amide bonds. The summed E-state index contributed by atoms with van der Waals surface area (Å²) < 4.78 is 0. The number of carbonyl (C=O) groups is 1. The fourth-order valence-electron chi connectivity index (χ4n) is 2.68. The van der Waals surface area contributed by atoms with Crippen molar-refractivity contribution in [3.63, 3.8) is 0 Å². The Morgan fingerprint density at radius 1 is 1.41 bits per heavy atom. The van der Waals surface area contributed by atoms with E-state index in [-0.39, 0.29) is 12.5 Å². The summed E-state index contributed by atoms with van der Waals surface area (Å²) in [6.45, 7) is 2.64. The molecule has 2 heterocycles. The number of carbonyl (C=O) groups excluding carboxylic acids is 1. The van der Waals surface area contributed by atoms with Crippen LogP contribution in [0, 0.1) is 0 Å². The van der Waals surface area contributed by atoms with Crippen LogP contribution in [0.1, 0.15) is 24.6 Å². The molecule has 0 radical (unpaired) electrons. The largest absolute Gasteiger partial charge is 0.381 e. The third kappa shape index (κ3) is 2.78. The monoisotopic (exact) mass is 298 g/mol. The Morgan fingerprint density at radius 2 is 2.18 bits per heavy atom. The van der Waals surface area contributed by atoms with E-state index in [4.69, 9.17) is 0 Å². The number of hydrogen-bond donors (Lipinski definition) is 2. The normalized spacial score (nSPS) is 22.1. The van der Waals surface area contributed by atoms with Crippen molar-refractivity contribution in [2.45, 2.75) is 18.9 Å². The van der Waals surface area contributed by atoms with Crippen LogP contribution < -0.4 is 0 Å². The van der Waals surface area contributed by atoms with Gasteiger partial charge in [0.1, 0.15) is 11.3 Å². The van der Waals surface area contributed by atoms with E-state index in [9.17, 15) is 9.90 Å². The van der Waals surface area contributed by atoms with Gasteiger partial charge in [0.15, 0.2) is 0 Å². The van der Waals surface area contributed by atoms with E-state index in [1.165, 1.54) is 6.20 Å². The molecule has 6 heteroatoms. The van der Waals surface area contributed by atoms with Gasteiger partial charge in [0.2, 0.25) is 5.91 Å². The molecule has 3 rings (SSSR count). The van der Waals surface area contributed by atoms with Gasteiger partial charge in [-0.15, -0.1) is 0 Å². The second kappa shape index (κ2) is 5.73. The summed E-state index contributed by atoms with van der Waals surface area (Å²) in [5.74, 6) is -0.0965. The topological polar surface area (TPSA) is 82.1 Å². The van der Waals surface area contributed by atoms with E-state index in [0.717, 1.165) is 11.1 Å². The number of aromatic nitrogens is 3. The standard InChI is InChI=1S/C16H18N4O2/c1-12(13-5-3-2-4-6-13)9-15(21)20-8-7-16(22,11-20)14-10-17-19-18-14/h2-6,9-10,22H,7-8,11H2,1H3,(H,17,18,19)/b12-9+. The van der Waals surface area contributed by atoms with Gasteiger partial charge in [-0.25, -0.2) is 0 Å². The van der Waals surface area contributed by atoms with Crippen molar-refractivity contribution in [1.29, 1.82) is 0 Å². The van der Waals surface area contributed by atoms with Crippen LogP contribution in [0.4, 0.5) is 0 Å². The third-order valence-electron chi connectivity index (χ3n) is 4.02. The number of aromatic amines is 1. The fourth-order valence-corrected chi connectivity index (χ4v) is 2.68. The number of nitrogens with zero attached hydrogens (tertiary/aromatic N) is 3. The van der Waals surface area contributed by atoms with Crippen molar-refractivity contribution in [3.05, 3.63) is 53.9 Å². The van der Waals surface area contributed by atoms with E-state index in [2.05, 4.69) is 15.4 Å². The third-order valence-corrected chi connectivity index (χ3v) is 4.02. The summed E-state index contributed by atoms with van der Waals surface area (Å²) in [6.07, 6.45) is 3.58. The highest BCUT2D eigenvalue weighted by atomic mass is 16.3. The molecule has 0 spiro atoms. The van der Waals surface area contributed by atoms with Crippen molar-refractivity contribution in [2.75, 3.05) is 13.1 Å². The van der Waals surface area contributed by atoms with Crippen molar-refractivity contribution >= 4 is 11.5 Å². The molecule has 1 aromatic heterocycles. The Morgan fingerprint density at radius 3 is 2.86 bits per heavy atom. The first-order chi connectivity index (χ1) is 10.6. The van der Waals surface area contributed by atoms with E-state index < -0.39 is 5.60 Å². The van der Waals surface area contributed by atoms with Gasteiger partial charge in [0.25, 0.3) is 0 Å². The van der Waals surface area contributed by atoms with Crippen molar-refractivity contribution < 1.29 is 9.90 Å². The summed E-state index contributed by atoms with van der Waals surface area (Å²) in [5, 5.41) is 20.7. The predicted molar refractivity (Wildman–Crippen MR) is 81.6 cm³/mol. The zero-order chi connectivity index (χ0) is 15.6. The van der Waals surface area contributed by atoms with Gasteiger partial charge in [0, 0.05) is 19.0 Å². The average Bonchev–Trinajstić information content (AvgIpc) is 3.18. The van der Waals surface area contributed by atoms with Gasteiger partial charge < -0.3 is 10.0 Å². The Bertz CT molecular complexity index is 681. The molecule has 0 aliphatic carbocycles. The molecule has 2 aromatic rings. The molecular formula is C16H18N4O2. The van der Waals surface area contributed by atoms with E-state index in [1.54, 1.807) is 11.0 Å². The molecule has 1 unspecified atom stereocenters. The SMILES string of the molecule is C/C(=C\C(=O)N1CCC(O)(c2cn[nH]n2)C1)c1ccccc1. The first-order valence-electron chi connectivity index (χ1n) is 7.20. The molecule has 6 nitrogen and oxygen atoms in total. The number of amides is 1. The number of β-amino-alcohol motifs (C(OH)–C–C–N with tert-alkyl or cyclic N) is 1. The molecule has 1 aromatic carbocycles. The zero-order valence-corrected chi connectivity index (χ0v) is 12.4. The van der Waals surface area contributed by atoms with E-state index in [0.29, 0.717) is 18.7 Å². The number of rotatable bonds is 3. The minimum Gasteiger partial charge on any atom is -0.381 e. The van der Waals surface area contributed by atoms with Gasteiger partial charge in [0.05, 0.1) is 12.7 Å². The van der Waals surface area contributed by atoms with Crippen LogP contribution in [0.25, 0.3) is 5.57 Å². The molecule has 1 saturated heterocycles. The lowest BCUT2D eigenvalue weighted by Crippen LogP contribution is -2.34. The average molecular weight is 298 g/mol. The van der Waals surface area contributed by atoms with E-state index in [1.807, 2.05) is 37.3 Å². The van der Waals surface area contributed by atoms with Crippen molar-refractivity contribution in [2.24, 2.45) is 0 Å². The predicted octanol–water partition coefficient (Wildman–Crippen LogP) is 1.33. The molecule has 0 bridgehead atoms. The van der Waals surface area contributed by atoms with Gasteiger partial charge in [-0.2, -0.15) is 15.4 Å². The zero-order valence-electron chi connectivity index (χ0n) is 12.4. The minimum absolute atomic E-state index is 0.0965. The van der Waals surface area contributed by atoms with Crippen LogP contribution in [0.2, 0.25) is 0 Å². The number of likely N-dealkylation sites (tertiary alicyclic amines) is 1. The smallest absolute Gasteiger partial charge is 0.246 e. The first-order valence-corrected chi connectivity index (χ1v) is 7.20. The lowest BCUT2D eigenvalue weighted by atomic mass is 10.00. The maximum Gasteiger partial charge on any atom is 0.246 e. The molecule has 1 aliphatic heterocycles. The summed E-state index contributed by atoms with van der Waals surface area (Å²) >= 11 is 0. The van der Waals surface area contributed by atoms with Crippen LogP contribution in [0.15, 0.2) is 42.6 Å². The second-order valence-electron chi connectivity index (χ2n) is 5.59. The maximum atomic E-state index is 12.4. The molecule has 0 saturated carbocycles. The van der Waals surface area contributed by atoms with Crippen LogP contribution in [0.5, 0.6) is 0 Å². The Labute approximate surface area is 128 Å². The number of nitrogens with one attached hydrogen (secondary N) is 1. The van der Waals surface area contributed by atoms with Crippen LogP contribution in [0.3, 0.4) is 0 Å². The second-order valence-corrected chi connectivity index (χ2v) is 5.59. The molecular weight excluding hydrogens is 280 g/mol. The Kier molecular flexibility index (Phi) is 3.77. The highest BCUT2D eigenvalue weighted by Gasteiger charge is 2.41. The fraction of sp³-hybridized carbons (Fsp3) is 0.312. The Hall–Kier alpha value is -2.47. The Balaban J connectivity index is 1.72. The van der Waals surface area contributed by atoms with Crippen LogP contribution in [-0.4, -0.2) is 44.4 Å². The molecule has 1 aliphatic rings. The number of hydrogen-bond acceptors (Lipinski definition) is 4. The van der Waals surface area contributed by atoms with Crippen LogP contribution >= 0.6 is 0 Å². The number of aliphatic hydroxyl groups is 1. The van der Waals surface area contributed by atoms with Gasteiger partial charge in [-0.3, -0.25) is 4.79 Å². The van der Waals surface area contributed by atoms with Crippen molar-refractivity contribution in [3.8, 4) is 0 Å². The lowest BCUT2D eigenvalue weighted by molar-refractivity contribution is -0.126. The molecule has 1 fully saturated rings. The van der Waals surface area contributed by atoms with Gasteiger partial charge in [-0.1, -0.05) is 30.3 Å². The number of H-pyrrole nitrogens is 1. The molecule has 1 atom stereocenters.